The van der Waals surface area contributed by atoms with Gasteiger partial charge in [-0.1, -0.05) is 12.1 Å². The van der Waals surface area contributed by atoms with Gasteiger partial charge in [-0.3, -0.25) is 4.79 Å². The van der Waals surface area contributed by atoms with Gasteiger partial charge in [-0.25, -0.2) is 0 Å². The van der Waals surface area contributed by atoms with Gasteiger partial charge in [-0.15, -0.1) is 0 Å². The molecule has 3 nitrogen and oxygen atoms in total. The van der Waals surface area contributed by atoms with Crippen molar-refractivity contribution in [2.75, 3.05) is 18.0 Å². The summed E-state index contributed by atoms with van der Waals surface area (Å²) >= 11 is 1.94. The van der Waals surface area contributed by atoms with Crippen molar-refractivity contribution in [2.24, 2.45) is 0 Å². The normalized spacial score (nSPS) is 23.6. The number of anilines is 1. The SMILES string of the molecule is CC1(CNC(=O)c2ccccc2N)CCCS1. The number of hydrogen-bond acceptors (Lipinski definition) is 3. The predicted octanol–water partition coefficient (Wildman–Crippen LogP) is 2.28. The van der Waals surface area contributed by atoms with Crippen LogP contribution in [0.15, 0.2) is 24.3 Å². The van der Waals surface area contributed by atoms with Crippen molar-refractivity contribution in [3.8, 4) is 0 Å². The number of nitrogen functional groups attached to an aromatic ring is 1. The number of carbonyl (C=O) groups is 1. The molecule has 1 unspecified atom stereocenters. The predicted molar refractivity (Wildman–Crippen MR) is 73.3 cm³/mol. The van der Waals surface area contributed by atoms with Crippen molar-refractivity contribution in [3.05, 3.63) is 29.8 Å². The molecule has 0 spiro atoms. The van der Waals surface area contributed by atoms with Gasteiger partial charge in [0.05, 0.1) is 5.56 Å². The Bertz CT molecular complexity index is 414. The van der Waals surface area contributed by atoms with Crippen molar-refractivity contribution >= 4 is 23.4 Å². The van der Waals surface area contributed by atoms with Crippen LogP contribution in [-0.4, -0.2) is 23.0 Å². The average molecular weight is 250 g/mol. The van der Waals surface area contributed by atoms with E-state index in [2.05, 4.69) is 12.2 Å². The lowest BCUT2D eigenvalue weighted by molar-refractivity contribution is 0.0951. The molecule has 1 aromatic rings. The van der Waals surface area contributed by atoms with Gasteiger partial charge in [0.1, 0.15) is 0 Å². The van der Waals surface area contributed by atoms with Crippen LogP contribution in [0.4, 0.5) is 5.69 Å². The molecule has 0 aromatic heterocycles. The number of hydrogen-bond donors (Lipinski definition) is 2. The van der Waals surface area contributed by atoms with Crippen LogP contribution >= 0.6 is 11.8 Å². The molecule has 1 aliphatic heterocycles. The summed E-state index contributed by atoms with van der Waals surface area (Å²) in [6.45, 7) is 2.92. The molecular weight excluding hydrogens is 232 g/mol. The van der Waals surface area contributed by atoms with Gasteiger partial charge in [-0.2, -0.15) is 11.8 Å². The first-order valence-electron chi connectivity index (χ1n) is 5.87. The van der Waals surface area contributed by atoms with E-state index in [0.29, 0.717) is 17.8 Å². The monoisotopic (exact) mass is 250 g/mol. The van der Waals surface area contributed by atoms with Crippen LogP contribution < -0.4 is 11.1 Å². The largest absolute Gasteiger partial charge is 0.398 e. The highest BCUT2D eigenvalue weighted by Crippen LogP contribution is 2.37. The van der Waals surface area contributed by atoms with Crippen LogP contribution in [-0.2, 0) is 0 Å². The number of nitrogens with one attached hydrogen (secondary N) is 1. The molecule has 1 atom stereocenters. The highest BCUT2D eigenvalue weighted by atomic mass is 32.2. The van der Waals surface area contributed by atoms with Crippen molar-refractivity contribution in [3.63, 3.8) is 0 Å². The van der Waals surface area contributed by atoms with Crippen LogP contribution in [0, 0.1) is 0 Å². The van der Waals surface area contributed by atoms with E-state index in [0.717, 1.165) is 0 Å². The summed E-state index contributed by atoms with van der Waals surface area (Å²) in [6.07, 6.45) is 2.41. The summed E-state index contributed by atoms with van der Waals surface area (Å²) in [6, 6.07) is 7.17. The van der Waals surface area contributed by atoms with E-state index in [1.54, 1.807) is 12.1 Å². The molecule has 1 heterocycles. The molecule has 1 amide bonds. The molecule has 0 radical (unpaired) electrons. The Morgan fingerprint density at radius 3 is 2.94 bits per heavy atom. The molecule has 0 aliphatic carbocycles. The molecule has 3 N–H and O–H groups in total. The van der Waals surface area contributed by atoms with Crippen molar-refractivity contribution in [1.29, 1.82) is 0 Å². The smallest absolute Gasteiger partial charge is 0.253 e. The molecule has 1 fully saturated rings. The number of nitrogens with two attached hydrogens (primary N) is 1. The minimum Gasteiger partial charge on any atom is -0.398 e. The van der Waals surface area contributed by atoms with E-state index in [1.807, 2.05) is 23.9 Å². The Labute approximate surface area is 106 Å². The Balaban J connectivity index is 1.96. The maximum absolute atomic E-state index is 12.0. The lowest BCUT2D eigenvalue weighted by Gasteiger charge is -2.23. The van der Waals surface area contributed by atoms with Gasteiger partial charge in [0.2, 0.25) is 0 Å². The third kappa shape index (κ3) is 2.94. The van der Waals surface area contributed by atoms with Gasteiger partial charge in [-0.05, 0) is 37.7 Å². The zero-order valence-corrected chi connectivity index (χ0v) is 10.8. The van der Waals surface area contributed by atoms with Crippen molar-refractivity contribution in [1.82, 2.24) is 5.32 Å². The number of carbonyl (C=O) groups excluding carboxylic acids is 1. The van der Waals surface area contributed by atoms with Crippen LogP contribution in [0.5, 0.6) is 0 Å². The number of rotatable bonds is 3. The lowest BCUT2D eigenvalue weighted by atomic mass is 10.1. The van der Waals surface area contributed by atoms with Crippen LogP contribution in [0.2, 0.25) is 0 Å². The highest BCUT2D eigenvalue weighted by Gasteiger charge is 2.29. The molecular formula is C13H18N2OS. The van der Waals surface area contributed by atoms with Crippen LogP contribution in [0.3, 0.4) is 0 Å². The molecule has 0 saturated carbocycles. The maximum atomic E-state index is 12.0. The average Bonchev–Trinajstić information content (AvgIpc) is 2.74. The van der Waals surface area contributed by atoms with Crippen molar-refractivity contribution in [2.45, 2.75) is 24.5 Å². The Kier molecular flexibility index (Phi) is 3.62. The molecule has 92 valence electrons. The Morgan fingerprint density at radius 1 is 1.53 bits per heavy atom. The first-order chi connectivity index (χ1) is 8.11. The Morgan fingerprint density at radius 2 is 2.29 bits per heavy atom. The van der Waals surface area contributed by atoms with E-state index in [-0.39, 0.29) is 10.7 Å². The summed E-state index contributed by atoms with van der Waals surface area (Å²) in [4.78, 5) is 12.0. The zero-order chi connectivity index (χ0) is 12.3. The summed E-state index contributed by atoms with van der Waals surface area (Å²) in [7, 11) is 0. The summed E-state index contributed by atoms with van der Waals surface area (Å²) in [5.74, 6) is 1.12. The second-order valence-corrected chi connectivity index (χ2v) is 6.35. The number of thioether (sulfide) groups is 1. The van der Waals surface area contributed by atoms with Gasteiger partial charge in [0.25, 0.3) is 5.91 Å². The molecule has 4 heteroatoms. The third-order valence-electron chi connectivity index (χ3n) is 3.13. The minimum absolute atomic E-state index is 0.0724. The number of amides is 1. The van der Waals surface area contributed by atoms with E-state index < -0.39 is 0 Å². The molecule has 17 heavy (non-hydrogen) atoms. The van der Waals surface area contributed by atoms with Gasteiger partial charge in [0.15, 0.2) is 0 Å². The van der Waals surface area contributed by atoms with Crippen LogP contribution in [0.1, 0.15) is 30.1 Å². The van der Waals surface area contributed by atoms with E-state index in [4.69, 9.17) is 5.73 Å². The highest BCUT2D eigenvalue weighted by molar-refractivity contribution is 8.00. The fourth-order valence-electron chi connectivity index (χ4n) is 2.04. The maximum Gasteiger partial charge on any atom is 0.253 e. The second kappa shape index (κ2) is 5.00. The van der Waals surface area contributed by atoms with Gasteiger partial charge >= 0.3 is 0 Å². The van der Waals surface area contributed by atoms with Gasteiger partial charge < -0.3 is 11.1 Å². The molecule has 0 bridgehead atoms. The molecule has 1 saturated heterocycles. The molecule has 2 rings (SSSR count). The summed E-state index contributed by atoms with van der Waals surface area (Å²) in [5, 5.41) is 2.98. The summed E-state index contributed by atoms with van der Waals surface area (Å²) in [5.41, 5.74) is 6.88. The standard InChI is InChI=1S/C13H18N2OS/c1-13(7-4-8-17-13)9-15-12(16)10-5-2-3-6-11(10)14/h2-3,5-6H,4,7-9,14H2,1H3,(H,15,16). The van der Waals surface area contributed by atoms with Crippen LogP contribution in [0.25, 0.3) is 0 Å². The quantitative estimate of drug-likeness (QED) is 0.809. The van der Waals surface area contributed by atoms with Crippen molar-refractivity contribution < 1.29 is 4.79 Å². The van der Waals surface area contributed by atoms with E-state index in [1.165, 1.54) is 18.6 Å². The second-order valence-electron chi connectivity index (χ2n) is 4.67. The summed E-state index contributed by atoms with van der Waals surface area (Å²) < 4.78 is 0.194. The topological polar surface area (TPSA) is 55.1 Å². The van der Waals surface area contributed by atoms with E-state index in [9.17, 15) is 4.79 Å². The van der Waals surface area contributed by atoms with E-state index >= 15 is 0 Å². The number of para-hydroxylation sites is 1. The number of benzene rings is 1. The fourth-order valence-corrected chi connectivity index (χ4v) is 3.29. The molecule has 1 aliphatic rings. The minimum atomic E-state index is -0.0724. The fraction of sp³-hybridized carbons (Fsp3) is 0.462. The van der Waals surface area contributed by atoms with Gasteiger partial charge in [0, 0.05) is 17.0 Å². The zero-order valence-electron chi connectivity index (χ0n) is 10.0. The Hall–Kier alpha value is -1.16. The molecule has 1 aromatic carbocycles. The first-order valence-corrected chi connectivity index (χ1v) is 6.86. The first kappa shape index (κ1) is 12.3. The lowest BCUT2D eigenvalue weighted by Crippen LogP contribution is -2.37. The third-order valence-corrected chi connectivity index (χ3v) is 4.67.